The predicted octanol–water partition coefficient (Wildman–Crippen LogP) is 3.98. The zero-order chi connectivity index (χ0) is 16.1. The molecule has 6 heteroatoms. The van der Waals surface area contributed by atoms with Gasteiger partial charge in [0.05, 0.1) is 11.6 Å². The van der Waals surface area contributed by atoms with Crippen LogP contribution in [0.3, 0.4) is 0 Å². The third kappa shape index (κ3) is 4.69. The molecule has 1 atom stereocenters. The maximum absolute atomic E-state index is 13.3. The van der Waals surface area contributed by atoms with Crippen LogP contribution in [-0.4, -0.2) is 19.0 Å². The third-order valence-electron chi connectivity index (χ3n) is 3.84. The molecule has 1 unspecified atom stereocenters. The molecule has 0 spiro atoms. The summed E-state index contributed by atoms with van der Waals surface area (Å²) < 4.78 is 19.0. The Bertz CT molecular complexity index is 690. The fourth-order valence-corrected chi connectivity index (χ4v) is 2.63. The van der Waals surface area contributed by atoms with Gasteiger partial charge in [-0.3, -0.25) is 4.79 Å². The van der Waals surface area contributed by atoms with Gasteiger partial charge in [-0.1, -0.05) is 18.2 Å². The van der Waals surface area contributed by atoms with Gasteiger partial charge in [0.25, 0.3) is 0 Å². The van der Waals surface area contributed by atoms with Gasteiger partial charge in [0.1, 0.15) is 11.6 Å². The van der Waals surface area contributed by atoms with E-state index in [1.165, 1.54) is 12.1 Å². The van der Waals surface area contributed by atoms with Crippen molar-refractivity contribution < 1.29 is 13.9 Å². The summed E-state index contributed by atoms with van der Waals surface area (Å²) in [7, 11) is 0. The Balaban J connectivity index is 0.00000208. The molecule has 1 fully saturated rings. The molecule has 128 valence electrons. The standard InChI is InChI=1S/C18H19FN2O2.ClH/c19-14-6-3-7-15(11-14)23-17-9-2-1-8-16(17)21-18(22)13-5-4-10-20-12-13;/h1-3,6-9,11,13,20H,4-5,10,12H2,(H,21,22);1H. The summed E-state index contributed by atoms with van der Waals surface area (Å²) in [6, 6.07) is 13.1. The van der Waals surface area contributed by atoms with Crippen LogP contribution < -0.4 is 15.4 Å². The first kappa shape index (κ1) is 18.2. The monoisotopic (exact) mass is 350 g/mol. The SMILES string of the molecule is Cl.O=C(Nc1ccccc1Oc1cccc(F)c1)C1CCCNC1. The molecule has 1 heterocycles. The van der Waals surface area contributed by atoms with Crippen molar-refractivity contribution >= 4 is 24.0 Å². The number of hydrogen-bond donors (Lipinski definition) is 2. The number of nitrogens with one attached hydrogen (secondary N) is 2. The van der Waals surface area contributed by atoms with E-state index in [0.717, 1.165) is 19.4 Å². The van der Waals surface area contributed by atoms with E-state index < -0.39 is 0 Å². The molecule has 1 aliphatic heterocycles. The van der Waals surface area contributed by atoms with Crippen molar-refractivity contribution in [2.75, 3.05) is 18.4 Å². The van der Waals surface area contributed by atoms with Crippen molar-refractivity contribution in [2.24, 2.45) is 5.92 Å². The maximum atomic E-state index is 13.3. The van der Waals surface area contributed by atoms with Crippen LogP contribution in [0, 0.1) is 11.7 Å². The van der Waals surface area contributed by atoms with Crippen LogP contribution in [0.4, 0.5) is 10.1 Å². The van der Waals surface area contributed by atoms with Crippen LogP contribution in [0.25, 0.3) is 0 Å². The number of carbonyl (C=O) groups excluding carboxylic acids is 1. The first-order valence-corrected chi connectivity index (χ1v) is 7.76. The number of para-hydroxylation sites is 2. The molecule has 1 saturated heterocycles. The molecule has 1 aliphatic rings. The molecule has 0 saturated carbocycles. The fraction of sp³-hybridized carbons (Fsp3) is 0.278. The molecule has 0 radical (unpaired) electrons. The minimum Gasteiger partial charge on any atom is -0.455 e. The molecule has 0 aromatic heterocycles. The lowest BCUT2D eigenvalue weighted by Gasteiger charge is -2.22. The summed E-state index contributed by atoms with van der Waals surface area (Å²) in [4.78, 5) is 12.4. The highest BCUT2D eigenvalue weighted by Crippen LogP contribution is 2.30. The Hall–Kier alpha value is -2.11. The largest absolute Gasteiger partial charge is 0.455 e. The van der Waals surface area contributed by atoms with Crippen LogP contribution in [0.1, 0.15) is 12.8 Å². The van der Waals surface area contributed by atoms with Gasteiger partial charge in [0.2, 0.25) is 5.91 Å². The number of piperidine rings is 1. The van der Waals surface area contributed by atoms with Gasteiger partial charge in [0.15, 0.2) is 5.75 Å². The van der Waals surface area contributed by atoms with Gasteiger partial charge >= 0.3 is 0 Å². The van der Waals surface area contributed by atoms with E-state index in [0.29, 0.717) is 23.7 Å². The number of amides is 1. The number of ether oxygens (including phenoxy) is 1. The van der Waals surface area contributed by atoms with Crippen LogP contribution in [-0.2, 0) is 4.79 Å². The first-order valence-electron chi connectivity index (χ1n) is 7.76. The normalized spacial score (nSPS) is 16.8. The highest BCUT2D eigenvalue weighted by atomic mass is 35.5. The molecule has 3 rings (SSSR count). The molecule has 2 aromatic carbocycles. The third-order valence-corrected chi connectivity index (χ3v) is 3.84. The second kappa shape index (κ2) is 8.66. The minimum atomic E-state index is -0.364. The highest BCUT2D eigenvalue weighted by Gasteiger charge is 2.21. The number of anilines is 1. The topological polar surface area (TPSA) is 50.4 Å². The Labute approximate surface area is 146 Å². The quantitative estimate of drug-likeness (QED) is 0.877. The molecule has 24 heavy (non-hydrogen) atoms. The molecule has 2 N–H and O–H groups in total. The van der Waals surface area contributed by atoms with Crippen LogP contribution in [0.5, 0.6) is 11.5 Å². The Morgan fingerprint density at radius 3 is 2.79 bits per heavy atom. The summed E-state index contributed by atoms with van der Waals surface area (Å²) in [6.45, 7) is 1.65. The summed E-state index contributed by atoms with van der Waals surface area (Å²) in [5, 5.41) is 6.15. The van der Waals surface area contributed by atoms with Crippen LogP contribution in [0.2, 0.25) is 0 Å². The van der Waals surface area contributed by atoms with Crippen molar-refractivity contribution in [3.8, 4) is 11.5 Å². The smallest absolute Gasteiger partial charge is 0.228 e. The van der Waals surface area contributed by atoms with Crippen molar-refractivity contribution in [1.29, 1.82) is 0 Å². The summed E-state index contributed by atoms with van der Waals surface area (Å²) >= 11 is 0. The Morgan fingerprint density at radius 1 is 1.21 bits per heavy atom. The summed E-state index contributed by atoms with van der Waals surface area (Å²) in [5.74, 6) is 0.469. The van der Waals surface area contributed by atoms with Gasteiger partial charge in [-0.25, -0.2) is 4.39 Å². The average Bonchev–Trinajstić information content (AvgIpc) is 2.57. The van der Waals surface area contributed by atoms with E-state index in [1.54, 1.807) is 24.3 Å². The minimum absolute atomic E-state index is 0. The molecular formula is C18H20ClFN2O2. The predicted molar refractivity (Wildman–Crippen MR) is 94.4 cm³/mol. The number of rotatable bonds is 4. The first-order chi connectivity index (χ1) is 11.2. The number of halogens is 2. The fourth-order valence-electron chi connectivity index (χ4n) is 2.63. The Morgan fingerprint density at radius 2 is 2.04 bits per heavy atom. The maximum Gasteiger partial charge on any atom is 0.228 e. The zero-order valence-electron chi connectivity index (χ0n) is 13.1. The Kier molecular flexibility index (Phi) is 6.58. The van der Waals surface area contributed by atoms with E-state index in [9.17, 15) is 9.18 Å². The van der Waals surface area contributed by atoms with E-state index in [4.69, 9.17) is 4.74 Å². The average molecular weight is 351 g/mol. The van der Waals surface area contributed by atoms with Crippen molar-refractivity contribution in [3.63, 3.8) is 0 Å². The van der Waals surface area contributed by atoms with Gasteiger partial charge in [-0.2, -0.15) is 0 Å². The molecule has 2 aromatic rings. The second-order valence-corrected chi connectivity index (χ2v) is 5.59. The number of benzene rings is 2. The van der Waals surface area contributed by atoms with Gasteiger partial charge < -0.3 is 15.4 Å². The molecule has 0 bridgehead atoms. The lowest BCUT2D eigenvalue weighted by molar-refractivity contribution is -0.120. The molecule has 1 amide bonds. The molecule has 4 nitrogen and oxygen atoms in total. The second-order valence-electron chi connectivity index (χ2n) is 5.59. The van der Waals surface area contributed by atoms with Crippen LogP contribution in [0.15, 0.2) is 48.5 Å². The molecule has 0 aliphatic carbocycles. The lowest BCUT2D eigenvalue weighted by atomic mass is 9.99. The number of hydrogen-bond acceptors (Lipinski definition) is 3. The highest BCUT2D eigenvalue weighted by molar-refractivity contribution is 5.94. The van der Waals surface area contributed by atoms with Crippen LogP contribution >= 0.6 is 12.4 Å². The van der Waals surface area contributed by atoms with Gasteiger partial charge in [0, 0.05) is 12.6 Å². The van der Waals surface area contributed by atoms with E-state index in [1.807, 2.05) is 12.1 Å². The van der Waals surface area contributed by atoms with E-state index in [-0.39, 0.29) is 30.0 Å². The van der Waals surface area contributed by atoms with E-state index >= 15 is 0 Å². The van der Waals surface area contributed by atoms with Gasteiger partial charge in [-0.05, 0) is 43.7 Å². The number of carbonyl (C=O) groups is 1. The molecular weight excluding hydrogens is 331 g/mol. The summed E-state index contributed by atoms with van der Waals surface area (Å²) in [6.07, 6.45) is 1.88. The van der Waals surface area contributed by atoms with Crippen molar-refractivity contribution in [1.82, 2.24) is 5.32 Å². The van der Waals surface area contributed by atoms with Crippen molar-refractivity contribution in [2.45, 2.75) is 12.8 Å². The van der Waals surface area contributed by atoms with Crippen molar-refractivity contribution in [3.05, 3.63) is 54.3 Å². The zero-order valence-corrected chi connectivity index (χ0v) is 13.9. The van der Waals surface area contributed by atoms with E-state index in [2.05, 4.69) is 10.6 Å². The lowest BCUT2D eigenvalue weighted by Crippen LogP contribution is -2.37. The van der Waals surface area contributed by atoms with Gasteiger partial charge in [-0.15, -0.1) is 12.4 Å². The summed E-state index contributed by atoms with van der Waals surface area (Å²) in [5.41, 5.74) is 0.590.